The van der Waals surface area contributed by atoms with Crippen molar-refractivity contribution in [3.8, 4) is 5.75 Å². The van der Waals surface area contributed by atoms with Crippen molar-refractivity contribution < 1.29 is 9.53 Å². The van der Waals surface area contributed by atoms with Crippen LogP contribution in [0.4, 0.5) is 5.69 Å². The van der Waals surface area contributed by atoms with Gasteiger partial charge in [0.2, 0.25) is 5.91 Å². The quantitative estimate of drug-likeness (QED) is 0.685. The number of rotatable bonds is 6. The molecule has 0 saturated carbocycles. The second kappa shape index (κ2) is 8.30. The lowest BCUT2D eigenvalue weighted by atomic mass is 10.1. The Morgan fingerprint density at radius 3 is 2.45 bits per heavy atom. The number of hydrogen-bond donors (Lipinski definition) is 1. The monoisotopic (exact) mass is 396 g/mol. The van der Waals surface area contributed by atoms with E-state index in [4.69, 9.17) is 4.74 Å². The number of benzene rings is 1. The van der Waals surface area contributed by atoms with E-state index in [1.807, 2.05) is 19.1 Å². The zero-order valence-corrected chi connectivity index (χ0v) is 17.0. The lowest BCUT2D eigenvalue weighted by Gasteiger charge is -2.15. The van der Waals surface area contributed by atoms with Gasteiger partial charge in [-0.05, 0) is 29.7 Å². The van der Waals surface area contributed by atoms with Crippen LogP contribution in [0.15, 0.2) is 40.1 Å². The number of ether oxygens (including phenoxy) is 1. The Morgan fingerprint density at radius 2 is 1.83 bits per heavy atom. The van der Waals surface area contributed by atoms with Gasteiger partial charge in [-0.25, -0.2) is 9.78 Å². The molecule has 0 radical (unpaired) electrons. The second-order valence-corrected chi connectivity index (χ2v) is 6.89. The average molecular weight is 396 g/mol. The van der Waals surface area contributed by atoms with Gasteiger partial charge in [0.1, 0.15) is 11.1 Å². The van der Waals surface area contributed by atoms with Gasteiger partial charge in [0.25, 0.3) is 5.56 Å². The van der Waals surface area contributed by atoms with Crippen LogP contribution in [-0.2, 0) is 31.7 Å². The number of carbonyl (C=O) groups excluding carboxylic acids is 1. The number of hydrogen-bond acceptors (Lipinski definition) is 5. The summed E-state index contributed by atoms with van der Waals surface area (Å²) in [4.78, 5) is 42.1. The number of fused-ring (bicyclic) bond motifs is 1. The van der Waals surface area contributed by atoms with Gasteiger partial charge in [-0.1, -0.05) is 25.5 Å². The number of amides is 1. The molecule has 2 aromatic heterocycles. The minimum Gasteiger partial charge on any atom is -0.497 e. The highest BCUT2D eigenvalue weighted by Gasteiger charge is 2.18. The van der Waals surface area contributed by atoms with Crippen molar-refractivity contribution in [2.75, 3.05) is 12.4 Å². The topological polar surface area (TPSA) is 95.2 Å². The number of nitrogens with one attached hydrogen (secondary N) is 1. The van der Waals surface area contributed by atoms with Gasteiger partial charge in [0.15, 0.2) is 5.65 Å². The zero-order valence-electron chi connectivity index (χ0n) is 17.0. The van der Waals surface area contributed by atoms with E-state index in [0.29, 0.717) is 17.9 Å². The molecule has 1 aromatic carbocycles. The number of aromatic nitrogens is 3. The fourth-order valence-electron chi connectivity index (χ4n) is 3.28. The molecule has 8 nitrogen and oxygen atoms in total. The van der Waals surface area contributed by atoms with Gasteiger partial charge < -0.3 is 10.1 Å². The molecule has 3 aromatic rings. The van der Waals surface area contributed by atoms with E-state index in [9.17, 15) is 14.4 Å². The van der Waals surface area contributed by atoms with Gasteiger partial charge in [-0.15, -0.1) is 0 Å². The number of anilines is 1. The molecule has 0 bridgehead atoms. The van der Waals surface area contributed by atoms with E-state index in [1.54, 1.807) is 32.5 Å². The first-order valence-corrected chi connectivity index (χ1v) is 9.37. The summed E-state index contributed by atoms with van der Waals surface area (Å²) in [7, 11) is 4.55. The van der Waals surface area contributed by atoms with Crippen LogP contribution in [0, 0.1) is 0 Å². The van der Waals surface area contributed by atoms with Crippen molar-refractivity contribution in [1.82, 2.24) is 14.1 Å². The summed E-state index contributed by atoms with van der Waals surface area (Å²) in [5.74, 6) is 0.458. The van der Waals surface area contributed by atoms with Gasteiger partial charge in [0.05, 0.1) is 19.2 Å². The van der Waals surface area contributed by atoms with Crippen molar-refractivity contribution in [2.24, 2.45) is 14.1 Å². The minimum absolute atomic E-state index is 0.144. The van der Waals surface area contributed by atoms with Gasteiger partial charge >= 0.3 is 5.69 Å². The Hall–Kier alpha value is -3.42. The van der Waals surface area contributed by atoms with Crippen molar-refractivity contribution in [3.05, 3.63) is 62.4 Å². The molecule has 1 N–H and O–H groups in total. The molecule has 0 spiro atoms. The first-order valence-electron chi connectivity index (χ1n) is 9.37. The minimum atomic E-state index is -0.478. The maximum absolute atomic E-state index is 12.8. The van der Waals surface area contributed by atoms with Gasteiger partial charge in [0, 0.05) is 20.3 Å². The third-order valence-corrected chi connectivity index (χ3v) is 4.85. The highest BCUT2D eigenvalue weighted by Crippen LogP contribution is 2.24. The summed E-state index contributed by atoms with van der Waals surface area (Å²) in [5.41, 5.74) is 1.31. The standard InChI is InChI=1S/C21H24N4O4/c1-5-6-14-12-22-19-17(20(27)25(3)21(28)24(19)2)18(14)23-16(26)11-13-7-9-15(29-4)10-8-13/h7-10,12H,5-6,11H2,1-4H3,(H,22,23,26). The Labute approximate surface area is 167 Å². The molecule has 29 heavy (non-hydrogen) atoms. The Morgan fingerprint density at radius 1 is 1.14 bits per heavy atom. The smallest absolute Gasteiger partial charge is 0.332 e. The molecule has 0 saturated heterocycles. The van der Waals surface area contributed by atoms with Crippen molar-refractivity contribution >= 4 is 22.6 Å². The summed E-state index contributed by atoms with van der Waals surface area (Å²) in [6, 6.07) is 7.22. The molecular formula is C21H24N4O4. The highest BCUT2D eigenvalue weighted by atomic mass is 16.5. The molecule has 8 heteroatoms. The summed E-state index contributed by atoms with van der Waals surface area (Å²) < 4.78 is 7.47. The molecule has 0 aliphatic rings. The van der Waals surface area contributed by atoms with Gasteiger partial charge in [-0.2, -0.15) is 0 Å². The molecule has 0 aliphatic carbocycles. The second-order valence-electron chi connectivity index (χ2n) is 6.89. The number of pyridine rings is 1. The van der Waals surface area contributed by atoms with E-state index in [0.717, 1.165) is 22.1 Å². The van der Waals surface area contributed by atoms with Crippen LogP contribution in [0.3, 0.4) is 0 Å². The molecule has 0 unspecified atom stereocenters. The summed E-state index contributed by atoms with van der Waals surface area (Å²) in [5, 5.41) is 3.13. The molecule has 152 valence electrons. The fourth-order valence-corrected chi connectivity index (χ4v) is 3.28. The van der Waals surface area contributed by atoms with E-state index in [2.05, 4.69) is 10.3 Å². The number of nitrogens with zero attached hydrogens (tertiary/aromatic N) is 3. The van der Waals surface area contributed by atoms with Crippen molar-refractivity contribution in [2.45, 2.75) is 26.2 Å². The molecule has 3 rings (SSSR count). The maximum Gasteiger partial charge on any atom is 0.332 e. The van der Waals surface area contributed by atoms with Crippen LogP contribution in [-0.4, -0.2) is 27.1 Å². The molecule has 0 fully saturated rings. The largest absolute Gasteiger partial charge is 0.497 e. The lowest BCUT2D eigenvalue weighted by Crippen LogP contribution is -2.38. The van der Waals surface area contributed by atoms with Crippen LogP contribution >= 0.6 is 0 Å². The normalized spacial score (nSPS) is 10.9. The summed E-state index contributed by atoms with van der Waals surface area (Å²) in [6.45, 7) is 2.01. The molecule has 1 amide bonds. The van der Waals surface area contributed by atoms with Crippen LogP contribution in [0.1, 0.15) is 24.5 Å². The first kappa shape index (κ1) is 20.3. The number of methoxy groups -OCH3 is 1. The van der Waals surface area contributed by atoms with E-state index < -0.39 is 11.2 Å². The third kappa shape index (κ3) is 3.91. The number of aryl methyl sites for hydroxylation is 2. The summed E-state index contributed by atoms with van der Waals surface area (Å²) in [6.07, 6.45) is 3.23. The third-order valence-electron chi connectivity index (χ3n) is 4.85. The SMILES string of the molecule is CCCc1cnc2c(c1NC(=O)Cc1ccc(OC)cc1)c(=O)n(C)c(=O)n2C. The average Bonchev–Trinajstić information content (AvgIpc) is 2.72. The lowest BCUT2D eigenvalue weighted by molar-refractivity contribution is -0.115. The summed E-state index contributed by atoms with van der Waals surface area (Å²) >= 11 is 0. The maximum atomic E-state index is 12.8. The Kier molecular flexibility index (Phi) is 5.81. The predicted octanol–water partition coefficient (Wildman–Crippen LogP) is 1.77. The first-order chi connectivity index (χ1) is 13.9. The van der Waals surface area contributed by atoms with Crippen LogP contribution in [0.5, 0.6) is 5.75 Å². The van der Waals surface area contributed by atoms with Crippen molar-refractivity contribution in [1.29, 1.82) is 0 Å². The number of carbonyl (C=O) groups is 1. The Balaban J connectivity index is 2.06. The molecule has 0 atom stereocenters. The molecule has 0 aliphatic heterocycles. The van der Waals surface area contributed by atoms with Crippen molar-refractivity contribution in [3.63, 3.8) is 0 Å². The van der Waals surface area contributed by atoms with Crippen LogP contribution in [0.25, 0.3) is 11.0 Å². The predicted molar refractivity (Wildman–Crippen MR) is 112 cm³/mol. The zero-order chi connectivity index (χ0) is 21.1. The van der Waals surface area contributed by atoms with E-state index >= 15 is 0 Å². The molecular weight excluding hydrogens is 372 g/mol. The van der Waals surface area contributed by atoms with E-state index in [1.165, 1.54) is 11.6 Å². The van der Waals surface area contributed by atoms with Crippen LogP contribution < -0.4 is 21.3 Å². The van der Waals surface area contributed by atoms with E-state index in [-0.39, 0.29) is 23.4 Å². The fraction of sp³-hybridized carbons (Fsp3) is 0.333. The van der Waals surface area contributed by atoms with Gasteiger partial charge in [-0.3, -0.25) is 18.7 Å². The molecule has 2 heterocycles. The highest BCUT2D eigenvalue weighted by molar-refractivity contribution is 6.01. The Bertz CT molecular complexity index is 1180. The van der Waals surface area contributed by atoms with Crippen LogP contribution in [0.2, 0.25) is 0 Å².